The van der Waals surface area contributed by atoms with Crippen LogP contribution in [-0.4, -0.2) is 35.0 Å². The van der Waals surface area contributed by atoms with Gasteiger partial charge in [-0.1, -0.05) is 90.9 Å². The van der Waals surface area contributed by atoms with E-state index in [1.54, 1.807) is 21.3 Å². The normalized spacial score (nSPS) is 14.9. The first kappa shape index (κ1) is 32.5. The van der Waals surface area contributed by atoms with Gasteiger partial charge in [-0.3, -0.25) is 0 Å². The van der Waals surface area contributed by atoms with Crippen LogP contribution in [0.2, 0.25) is 6.04 Å². The summed E-state index contributed by atoms with van der Waals surface area (Å²) in [4.78, 5) is -0.160. The van der Waals surface area contributed by atoms with Gasteiger partial charge in [0.1, 0.15) is 0 Å². The van der Waals surface area contributed by atoms with Crippen molar-refractivity contribution in [1.29, 1.82) is 0 Å². The van der Waals surface area contributed by atoms with Crippen LogP contribution in [0.3, 0.4) is 0 Å². The first-order chi connectivity index (χ1) is 13.9. The molecule has 2 atom stereocenters. The third kappa shape index (κ3) is 15.2. The maximum absolute atomic E-state index is 6.88. The summed E-state index contributed by atoms with van der Waals surface area (Å²) in [5.41, 5.74) is 0. The zero-order valence-corrected chi connectivity index (χ0v) is 23.0. The van der Waals surface area contributed by atoms with E-state index >= 15 is 0 Å². The highest BCUT2D eigenvalue weighted by atomic mass is 35.5. The summed E-state index contributed by atoms with van der Waals surface area (Å²) in [5, 5.41) is 0. The van der Waals surface area contributed by atoms with Crippen molar-refractivity contribution in [3.63, 3.8) is 0 Å². The van der Waals surface area contributed by atoms with E-state index in [4.69, 9.17) is 24.9 Å². The summed E-state index contributed by atoms with van der Waals surface area (Å²) in [7, 11) is 2.56. The summed E-state index contributed by atoms with van der Waals surface area (Å²) >= 11 is 6.88. The van der Waals surface area contributed by atoms with E-state index in [1.807, 2.05) is 0 Å². The Morgan fingerprint density at radius 1 is 0.733 bits per heavy atom. The van der Waals surface area contributed by atoms with Crippen molar-refractivity contribution >= 4 is 20.4 Å². The maximum Gasteiger partial charge on any atom is 0.500 e. The smallest absolute Gasteiger partial charge is 0.377 e. The van der Waals surface area contributed by atoms with E-state index in [1.165, 1.54) is 83.5 Å². The molecule has 0 aromatic rings. The van der Waals surface area contributed by atoms with E-state index in [9.17, 15) is 0 Å². The first-order valence-electron chi connectivity index (χ1n) is 12.2. The third-order valence-corrected chi connectivity index (χ3v) is 9.99. The maximum atomic E-state index is 6.88. The van der Waals surface area contributed by atoms with Gasteiger partial charge in [0.2, 0.25) is 0 Å². The minimum absolute atomic E-state index is 0. The summed E-state index contributed by atoms with van der Waals surface area (Å²) < 4.78 is 16.5. The standard InChI is InChI=1S/C24H51ClO3Si.H3N/c1-7-8-9-10-11-12-13-14-15-16-17-18-20-23(2)24(3,25)21-19-22-29(26-4,27-5)28-6;/h23H,7-22H2,1-6H3;1H3. The van der Waals surface area contributed by atoms with Gasteiger partial charge in [0, 0.05) is 32.2 Å². The zero-order valence-electron chi connectivity index (χ0n) is 21.2. The van der Waals surface area contributed by atoms with Crippen molar-refractivity contribution < 1.29 is 13.3 Å². The van der Waals surface area contributed by atoms with Crippen LogP contribution in [0.5, 0.6) is 0 Å². The van der Waals surface area contributed by atoms with Crippen molar-refractivity contribution in [2.45, 2.75) is 128 Å². The lowest BCUT2D eigenvalue weighted by molar-refractivity contribution is 0.122. The lowest BCUT2D eigenvalue weighted by atomic mass is 9.86. The summed E-state index contributed by atoms with van der Waals surface area (Å²) in [6.45, 7) is 6.78. The quantitative estimate of drug-likeness (QED) is 0.104. The van der Waals surface area contributed by atoms with Gasteiger partial charge in [0.05, 0.1) is 0 Å². The van der Waals surface area contributed by atoms with Crippen molar-refractivity contribution in [2.24, 2.45) is 5.92 Å². The highest BCUT2D eigenvalue weighted by molar-refractivity contribution is 6.60. The fourth-order valence-corrected chi connectivity index (χ4v) is 6.01. The minimum atomic E-state index is -2.47. The highest BCUT2D eigenvalue weighted by Gasteiger charge is 2.38. The molecule has 0 saturated heterocycles. The van der Waals surface area contributed by atoms with Crippen LogP contribution in [-0.2, 0) is 13.3 Å². The van der Waals surface area contributed by atoms with Crippen LogP contribution in [0.1, 0.15) is 117 Å². The summed E-state index contributed by atoms with van der Waals surface area (Å²) in [6, 6.07) is 0.824. The molecule has 4 nitrogen and oxygen atoms in total. The van der Waals surface area contributed by atoms with Gasteiger partial charge in [-0.25, -0.2) is 0 Å². The van der Waals surface area contributed by atoms with Gasteiger partial charge in [0.15, 0.2) is 0 Å². The molecule has 0 aliphatic carbocycles. The van der Waals surface area contributed by atoms with E-state index in [-0.39, 0.29) is 11.0 Å². The van der Waals surface area contributed by atoms with Gasteiger partial charge >= 0.3 is 8.80 Å². The Morgan fingerprint density at radius 3 is 1.53 bits per heavy atom. The van der Waals surface area contributed by atoms with Crippen LogP contribution < -0.4 is 6.15 Å². The molecule has 184 valence electrons. The molecule has 0 heterocycles. The van der Waals surface area contributed by atoms with E-state index in [0.29, 0.717) is 5.92 Å². The molecule has 0 aromatic carbocycles. The third-order valence-electron chi connectivity index (χ3n) is 6.60. The number of rotatable bonds is 21. The average molecular weight is 468 g/mol. The molecular formula is C24H54ClNO3Si. The van der Waals surface area contributed by atoms with Gasteiger partial charge in [0.25, 0.3) is 0 Å². The Labute approximate surface area is 195 Å². The predicted octanol–water partition coefficient (Wildman–Crippen LogP) is 8.53. The number of hydrogen-bond acceptors (Lipinski definition) is 4. The molecule has 0 bridgehead atoms. The van der Waals surface area contributed by atoms with Crippen molar-refractivity contribution in [2.75, 3.05) is 21.3 Å². The molecule has 0 amide bonds. The zero-order chi connectivity index (χ0) is 22.0. The Morgan fingerprint density at radius 2 is 1.13 bits per heavy atom. The molecule has 0 spiro atoms. The Kier molecular flexibility index (Phi) is 21.7. The number of alkyl halides is 1. The summed E-state index contributed by atoms with van der Waals surface area (Å²) in [5.74, 6) is 0.524. The molecule has 0 aliphatic rings. The number of halogens is 1. The minimum Gasteiger partial charge on any atom is -0.377 e. The first-order valence-corrected chi connectivity index (χ1v) is 14.5. The average Bonchev–Trinajstić information content (AvgIpc) is 2.72. The Hall–Kier alpha value is 0.347. The molecule has 6 heteroatoms. The topological polar surface area (TPSA) is 62.7 Å². The van der Waals surface area contributed by atoms with E-state index in [0.717, 1.165) is 18.9 Å². The van der Waals surface area contributed by atoms with E-state index in [2.05, 4.69) is 20.8 Å². The van der Waals surface area contributed by atoms with Gasteiger partial charge in [-0.15, -0.1) is 11.6 Å². The van der Waals surface area contributed by atoms with Gasteiger partial charge in [-0.05, 0) is 32.1 Å². The number of unbranched alkanes of at least 4 members (excludes halogenated alkanes) is 11. The van der Waals surface area contributed by atoms with Crippen LogP contribution in [0, 0.1) is 5.92 Å². The predicted molar refractivity (Wildman–Crippen MR) is 135 cm³/mol. The van der Waals surface area contributed by atoms with E-state index < -0.39 is 8.80 Å². The fraction of sp³-hybridized carbons (Fsp3) is 1.00. The molecule has 2 unspecified atom stereocenters. The monoisotopic (exact) mass is 467 g/mol. The fourth-order valence-electron chi connectivity index (χ4n) is 4.05. The largest absolute Gasteiger partial charge is 0.500 e. The van der Waals surface area contributed by atoms with Crippen molar-refractivity contribution in [3.8, 4) is 0 Å². The van der Waals surface area contributed by atoms with Crippen molar-refractivity contribution in [1.82, 2.24) is 6.15 Å². The molecule has 0 fully saturated rings. The van der Waals surface area contributed by atoms with Crippen LogP contribution >= 0.6 is 11.6 Å². The molecule has 0 radical (unpaired) electrons. The SMILES string of the molecule is CCCCCCCCCCCCCCC(C)C(C)(Cl)CCC[Si](OC)(OC)OC.N. The lowest BCUT2D eigenvalue weighted by Crippen LogP contribution is -2.43. The van der Waals surface area contributed by atoms with Gasteiger partial charge in [-0.2, -0.15) is 0 Å². The highest BCUT2D eigenvalue weighted by Crippen LogP contribution is 2.35. The Bertz CT molecular complexity index is 360. The Balaban J connectivity index is 0. The van der Waals surface area contributed by atoms with Gasteiger partial charge < -0.3 is 19.4 Å². The lowest BCUT2D eigenvalue weighted by Gasteiger charge is -2.31. The van der Waals surface area contributed by atoms with Crippen LogP contribution in [0.25, 0.3) is 0 Å². The van der Waals surface area contributed by atoms with Crippen molar-refractivity contribution in [3.05, 3.63) is 0 Å². The number of hydrogen-bond donors (Lipinski definition) is 1. The molecule has 0 rings (SSSR count). The molecular weight excluding hydrogens is 414 g/mol. The summed E-state index contributed by atoms with van der Waals surface area (Å²) in [6.07, 6.45) is 19.9. The molecule has 30 heavy (non-hydrogen) atoms. The molecule has 0 aliphatic heterocycles. The van der Waals surface area contributed by atoms with Crippen LogP contribution in [0.15, 0.2) is 0 Å². The molecule has 3 N–H and O–H groups in total. The van der Waals surface area contributed by atoms with Crippen LogP contribution in [0.4, 0.5) is 0 Å². The molecule has 0 aromatic heterocycles. The molecule has 0 saturated carbocycles. The second kappa shape index (κ2) is 20.0. The second-order valence-corrected chi connectivity index (χ2v) is 13.0. The second-order valence-electron chi connectivity index (χ2n) is 9.01.